The Bertz CT molecular complexity index is 2010. The predicted octanol–water partition coefficient (Wildman–Crippen LogP) is 16.8. The van der Waals surface area contributed by atoms with Gasteiger partial charge < -0.3 is 14.2 Å². The van der Waals surface area contributed by atoms with Crippen LogP contribution in [0.1, 0.15) is 204 Å². The molecule has 0 N–H and O–H groups in total. The van der Waals surface area contributed by atoms with E-state index in [9.17, 15) is 14.4 Å². The van der Waals surface area contributed by atoms with Crippen LogP contribution >= 0.6 is 0 Å². The Morgan fingerprint density at radius 1 is 0.422 bits per heavy atom. The molecule has 348 valence electrons. The van der Waals surface area contributed by atoms with Gasteiger partial charge in [0.15, 0.2) is 6.10 Å². The summed E-state index contributed by atoms with van der Waals surface area (Å²) in [5.41, 5.74) is 2.47. The third kappa shape index (κ3) is 17.5. The van der Waals surface area contributed by atoms with Gasteiger partial charge >= 0.3 is 17.9 Å². The summed E-state index contributed by atoms with van der Waals surface area (Å²) >= 11 is 0. The topological polar surface area (TPSA) is 78.9 Å². The molecule has 6 heteroatoms. The number of unbranched alkanes of at least 4 members (excludes halogenated alkanes) is 24. The van der Waals surface area contributed by atoms with E-state index in [1.54, 1.807) is 12.1 Å². The molecule has 0 aliphatic carbocycles. The van der Waals surface area contributed by atoms with Gasteiger partial charge in [0.05, 0.1) is 5.56 Å². The number of carbonyl (C=O) groups excluding carboxylic acids is 3. The van der Waals surface area contributed by atoms with Crippen molar-refractivity contribution in [1.29, 1.82) is 0 Å². The first-order valence-electron chi connectivity index (χ1n) is 25.8. The van der Waals surface area contributed by atoms with Crippen LogP contribution in [0, 0.1) is 0 Å². The first-order chi connectivity index (χ1) is 31.5. The lowest BCUT2D eigenvalue weighted by Crippen LogP contribution is -2.31. The predicted molar refractivity (Wildman–Crippen MR) is 267 cm³/mol. The molecule has 5 aromatic rings. The molecule has 0 bridgehead atoms. The van der Waals surface area contributed by atoms with E-state index in [0.29, 0.717) is 18.4 Å². The third-order valence-corrected chi connectivity index (χ3v) is 13.1. The molecular formula is C58H80O6. The van der Waals surface area contributed by atoms with Gasteiger partial charge in [-0.25, -0.2) is 4.79 Å². The maximum atomic E-state index is 13.5. The van der Waals surface area contributed by atoms with Crippen molar-refractivity contribution in [3.8, 4) is 11.1 Å². The van der Waals surface area contributed by atoms with Gasteiger partial charge in [0.1, 0.15) is 13.2 Å². The summed E-state index contributed by atoms with van der Waals surface area (Å²) in [6, 6.07) is 26.9. The van der Waals surface area contributed by atoms with Gasteiger partial charge in [0.2, 0.25) is 0 Å². The maximum Gasteiger partial charge on any atom is 0.338 e. The smallest absolute Gasteiger partial charge is 0.338 e. The first kappa shape index (κ1) is 50.5. The van der Waals surface area contributed by atoms with Crippen molar-refractivity contribution < 1.29 is 28.6 Å². The number of benzene rings is 5. The third-order valence-electron chi connectivity index (χ3n) is 13.1. The summed E-state index contributed by atoms with van der Waals surface area (Å²) in [4.78, 5) is 39.1. The Kier molecular flexibility index (Phi) is 23.6. The molecule has 0 unspecified atom stereocenters. The highest BCUT2D eigenvalue weighted by molar-refractivity contribution is 6.25. The van der Waals surface area contributed by atoms with Crippen LogP contribution in [0.4, 0.5) is 0 Å². The minimum absolute atomic E-state index is 0.157. The van der Waals surface area contributed by atoms with Gasteiger partial charge in [-0.15, -0.1) is 0 Å². The molecule has 0 spiro atoms. The van der Waals surface area contributed by atoms with Gasteiger partial charge in [-0.1, -0.05) is 235 Å². The second-order valence-corrected chi connectivity index (χ2v) is 18.4. The van der Waals surface area contributed by atoms with E-state index in [1.165, 1.54) is 161 Å². The fourth-order valence-corrected chi connectivity index (χ4v) is 9.20. The molecule has 0 aliphatic heterocycles. The molecule has 64 heavy (non-hydrogen) atoms. The van der Waals surface area contributed by atoms with E-state index in [0.717, 1.165) is 49.7 Å². The molecular weight excluding hydrogens is 793 g/mol. The highest BCUT2D eigenvalue weighted by atomic mass is 16.6. The second kappa shape index (κ2) is 29.9. The molecule has 0 saturated heterocycles. The van der Waals surface area contributed by atoms with Gasteiger partial charge in [-0.3, -0.25) is 9.59 Å². The zero-order valence-corrected chi connectivity index (χ0v) is 39.7. The van der Waals surface area contributed by atoms with E-state index < -0.39 is 12.1 Å². The van der Waals surface area contributed by atoms with Crippen LogP contribution in [0.5, 0.6) is 0 Å². The van der Waals surface area contributed by atoms with Gasteiger partial charge in [-0.05, 0) is 68.4 Å². The molecule has 0 fully saturated rings. The number of ether oxygens (including phenoxy) is 3. The van der Waals surface area contributed by atoms with E-state index in [4.69, 9.17) is 14.2 Å². The van der Waals surface area contributed by atoms with Gasteiger partial charge in [0, 0.05) is 12.8 Å². The molecule has 0 saturated carbocycles. The van der Waals surface area contributed by atoms with E-state index in [1.807, 2.05) is 12.1 Å². The lowest BCUT2D eigenvalue weighted by molar-refractivity contribution is -0.152. The summed E-state index contributed by atoms with van der Waals surface area (Å²) in [6.07, 6.45) is 31.9. The van der Waals surface area contributed by atoms with E-state index >= 15 is 0 Å². The Balaban J connectivity index is 1.07. The molecule has 5 rings (SSSR count). The van der Waals surface area contributed by atoms with Crippen molar-refractivity contribution in [2.75, 3.05) is 13.2 Å². The molecule has 5 aromatic carbocycles. The lowest BCUT2D eigenvalue weighted by atomic mass is 9.90. The van der Waals surface area contributed by atoms with Crippen molar-refractivity contribution in [1.82, 2.24) is 0 Å². The Morgan fingerprint density at radius 3 is 1.27 bits per heavy atom. The summed E-state index contributed by atoms with van der Waals surface area (Å²) < 4.78 is 17.1. The van der Waals surface area contributed by atoms with Crippen molar-refractivity contribution in [3.63, 3.8) is 0 Å². The second-order valence-electron chi connectivity index (χ2n) is 18.4. The van der Waals surface area contributed by atoms with Crippen LogP contribution in [-0.4, -0.2) is 37.2 Å². The van der Waals surface area contributed by atoms with Crippen LogP contribution in [-0.2, 0) is 23.8 Å². The lowest BCUT2D eigenvalue weighted by Gasteiger charge is -2.18. The number of esters is 3. The van der Waals surface area contributed by atoms with Crippen molar-refractivity contribution >= 4 is 50.2 Å². The van der Waals surface area contributed by atoms with Crippen molar-refractivity contribution in [3.05, 3.63) is 84.4 Å². The monoisotopic (exact) mass is 873 g/mol. The minimum atomic E-state index is -0.907. The normalized spacial score (nSPS) is 11.6. The summed E-state index contributed by atoms with van der Waals surface area (Å²) in [5.74, 6) is -1.19. The van der Waals surface area contributed by atoms with Crippen molar-refractivity contribution in [2.45, 2.75) is 200 Å². The quantitative estimate of drug-likeness (QED) is 0.0175. The summed E-state index contributed by atoms with van der Waals surface area (Å²) in [6.45, 7) is 4.21. The number of carbonyl (C=O) groups is 3. The fourth-order valence-electron chi connectivity index (χ4n) is 9.20. The standard InChI is InChI=1S/C58H80O6/c1-3-5-7-9-11-13-15-17-19-21-23-25-27-32-54(59)62-44-51(45-63-55(60)33-28-26-24-22-20-18-16-14-12-10-8-6-4-2)64-58(61)50-38-34-46(35-39-50)52-42-40-49-37-36-47-30-29-31-48-41-43-53(52)57(49)56(47)48/h29-31,34-43,51H,3-28,32-33,44-45H2,1-2H3. The summed E-state index contributed by atoms with van der Waals surface area (Å²) in [5, 5.41) is 7.31. The molecule has 0 atom stereocenters. The fraction of sp³-hybridized carbons (Fsp3) is 0.569. The molecule has 0 heterocycles. The average Bonchev–Trinajstić information content (AvgIpc) is 3.32. The summed E-state index contributed by atoms with van der Waals surface area (Å²) in [7, 11) is 0. The first-order valence-corrected chi connectivity index (χ1v) is 25.8. The molecule has 0 amide bonds. The van der Waals surface area contributed by atoms with Crippen LogP contribution in [0.3, 0.4) is 0 Å². The average molecular weight is 873 g/mol. The SMILES string of the molecule is CCCCCCCCCCCCCCCC(=O)OCC(COC(=O)CCCCCCCCCCCCCCC)OC(=O)c1ccc(-c2ccc3ccc4cccc5ccc2c3c45)cc1. The minimum Gasteiger partial charge on any atom is -0.462 e. The number of hydrogen-bond donors (Lipinski definition) is 0. The Labute approximate surface area is 385 Å². The Morgan fingerprint density at radius 2 is 0.812 bits per heavy atom. The zero-order valence-electron chi connectivity index (χ0n) is 39.7. The molecule has 0 aromatic heterocycles. The van der Waals surface area contributed by atoms with Crippen molar-refractivity contribution in [2.24, 2.45) is 0 Å². The van der Waals surface area contributed by atoms with Crippen LogP contribution in [0.25, 0.3) is 43.4 Å². The van der Waals surface area contributed by atoms with Crippen LogP contribution in [0.2, 0.25) is 0 Å². The number of rotatable bonds is 35. The van der Waals surface area contributed by atoms with E-state index in [-0.39, 0.29) is 25.2 Å². The highest BCUT2D eigenvalue weighted by Gasteiger charge is 2.21. The zero-order chi connectivity index (χ0) is 45.0. The molecule has 0 aliphatic rings. The largest absolute Gasteiger partial charge is 0.462 e. The molecule has 0 radical (unpaired) electrons. The maximum absolute atomic E-state index is 13.5. The van der Waals surface area contributed by atoms with Crippen LogP contribution in [0.15, 0.2) is 78.9 Å². The molecule has 6 nitrogen and oxygen atoms in total. The van der Waals surface area contributed by atoms with Gasteiger partial charge in [0.25, 0.3) is 0 Å². The van der Waals surface area contributed by atoms with Gasteiger partial charge in [-0.2, -0.15) is 0 Å². The van der Waals surface area contributed by atoms with E-state index in [2.05, 4.69) is 68.4 Å². The Hall–Kier alpha value is -4.45. The van der Waals surface area contributed by atoms with Crippen LogP contribution < -0.4 is 0 Å². The highest BCUT2D eigenvalue weighted by Crippen LogP contribution is 2.39. The number of hydrogen-bond acceptors (Lipinski definition) is 6.